The van der Waals surface area contributed by atoms with Crippen LogP contribution in [0.25, 0.3) is 0 Å². The number of amides is 1. The second-order valence-corrected chi connectivity index (χ2v) is 6.78. The molecule has 0 aliphatic carbocycles. The number of aryl methyl sites for hydroxylation is 1. The van der Waals surface area contributed by atoms with Crippen LogP contribution in [-0.2, 0) is 0 Å². The molecular weight excluding hydrogens is 336 g/mol. The first-order valence-corrected chi connectivity index (χ1v) is 9.00. The summed E-state index contributed by atoms with van der Waals surface area (Å²) in [7, 11) is 1.75. The van der Waals surface area contributed by atoms with Gasteiger partial charge in [-0.3, -0.25) is 4.79 Å². The molecule has 0 spiro atoms. The lowest BCUT2D eigenvalue weighted by Gasteiger charge is -2.18. The zero-order chi connectivity index (χ0) is 19.4. The number of benzene rings is 2. The second kappa shape index (κ2) is 7.99. The molecule has 1 heterocycles. The Balaban J connectivity index is 1.90. The molecule has 0 fully saturated rings. The minimum atomic E-state index is -0.174. The minimum Gasteiger partial charge on any atom is -0.324 e. The zero-order valence-corrected chi connectivity index (χ0v) is 16.1. The molecule has 0 saturated heterocycles. The molecule has 0 unspecified atom stereocenters. The van der Waals surface area contributed by atoms with Gasteiger partial charge in [0.2, 0.25) is 5.95 Å². The standard InChI is InChI=1S/C22H24N4O/c1-15(2)18-12-8-9-13-19(18)24-22-23-16(3)14-20(25-22)21(27)26(4)17-10-6-5-7-11-17/h5-15H,1-4H3,(H,23,24,25). The molecule has 3 rings (SSSR count). The van der Waals surface area contributed by atoms with E-state index in [0.29, 0.717) is 17.6 Å². The number of nitrogens with zero attached hydrogens (tertiary/aromatic N) is 3. The van der Waals surface area contributed by atoms with Gasteiger partial charge in [0, 0.05) is 24.1 Å². The second-order valence-electron chi connectivity index (χ2n) is 6.78. The van der Waals surface area contributed by atoms with Crippen LogP contribution >= 0.6 is 0 Å². The van der Waals surface area contributed by atoms with Gasteiger partial charge in [-0.25, -0.2) is 9.97 Å². The molecule has 1 amide bonds. The SMILES string of the molecule is Cc1cc(C(=O)N(C)c2ccccc2)nc(Nc2ccccc2C(C)C)n1. The Bertz CT molecular complexity index is 938. The van der Waals surface area contributed by atoms with Crippen molar-refractivity contribution in [2.45, 2.75) is 26.7 Å². The fourth-order valence-corrected chi connectivity index (χ4v) is 2.91. The number of anilines is 3. The molecule has 0 bridgehead atoms. The largest absolute Gasteiger partial charge is 0.324 e. The van der Waals surface area contributed by atoms with Crippen molar-refractivity contribution in [2.75, 3.05) is 17.3 Å². The van der Waals surface area contributed by atoms with Gasteiger partial charge in [0.05, 0.1) is 0 Å². The molecule has 27 heavy (non-hydrogen) atoms. The van der Waals surface area contributed by atoms with Crippen molar-refractivity contribution in [3.05, 3.63) is 77.6 Å². The molecule has 0 radical (unpaired) electrons. The molecular formula is C22H24N4O. The van der Waals surface area contributed by atoms with Crippen LogP contribution in [0.1, 0.15) is 41.5 Å². The Morgan fingerprint density at radius 1 is 1.00 bits per heavy atom. The molecule has 0 aliphatic rings. The Kier molecular flexibility index (Phi) is 5.50. The summed E-state index contributed by atoms with van der Waals surface area (Å²) in [6, 6.07) is 19.3. The number of rotatable bonds is 5. The number of para-hydroxylation sites is 2. The lowest BCUT2D eigenvalue weighted by Crippen LogP contribution is -2.27. The molecule has 0 saturated carbocycles. The smallest absolute Gasteiger partial charge is 0.276 e. The highest BCUT2D eigenvalue weighted by Crippen LogP contribution is 2.26. The average Bonchev–Trinajstić information content (AvgIpc) is 2.67. The third-order valence-electron chi connectivity index (χ3n) is 4.35. The Morgan fingerprint density at radius 3 is 2.37 bits per heavy atom. The summed E-state index contributed by atoms with van der Waals surface area (Å²) >= 11 is 0. The van der Waals surface area contributed by atoms with Gasteiger partial charge in [-0.05, 0) is 42.7 Å². The maximum absolute atomic E-state index is 12.9. The van der Waals surface area contributed by atoms with Crippen molar-refractivity contribution >= 4 is 23.2 Å². The Hall–Kier alpha value is -3.21. The molecule has 0 aliphatic heterocycles. The van der Waals surface area contributed by atoms with E-state index in [1.54, 1.807) is 18.0 Å². The fraction of sp³-hybridized carbons (Fsp3) is 0.227. The molecule has 2 aromatic carbocycles. The van der Waals surface area contributed by atoms with Gasteiger partial charge >= 0.3 is 0 Å². The maximum Gasteiger partial charge on any atom is 0.276 e. The van der Waals surface area contributed by atoms with Crippen molar-refractivity contribution in [1.29, 1.82) is 0 Å². The van der Waals surface area contributed by atoms with E-state index in [9.17, 15) is 4.79 Å². The van der Waals surface area contributed by atoms with Crippen LogP contribution in [0.4, 0.5) is 17.3 Å². The molecule has 0 atom stereocenters. The van der Waals surface area contributed by atoms with Crippen molar-refractivity contribution in [2.24, 2.45) is 0 Å². The van der Waals surface area contributed by atoms with E-state index in [1.165, 1.54) is 5.56 Å². The first-order valence-electron chi connectivity index (χ1n) is 9.00. The number of nitrogens with one attached hydrogen (secondary N) is 1. The van der Waals surface area contributed by atoms with Crippen LogP contribution in [0.2, 0.25) is 0 Å². The van der Waals surface area contributed by atoms with Gasteiger partial charge in [-0.2, -0.15) is 0 Å². The van der Waals surface area contributed by atoms with Crippen LogP contribution in [0.5, 0.6) is 0 Å². The summed E-state index contributed by atoms with van der Waals surface area (Å²) in [5.41, 5.74) is 4.04. The number of aromatic nitrogens is 2. The fourth-order valence-electron chi connectivity index (χ4n) is 2.91. The Morgan fingerprint density at radius 2 is 1.67 bits per heavy atom. The topological polar surface area (TPSA) is 58.1 Å². The number of hydrogen-bond acceptors (Lipinski definition) is 4. The van der Waals surface area contributed by atoms with Crippen LogP contribution < -0.4 is 10.2 Å². The summed E-state index contributed by atoms with van der Waals surface area (Å²) in [5, 5.41) is 3.28. The van der Waals surface area contributed by atoms with Crippen molar-refractivity contribution in [1.82, 2.24) is 9.97 Å². The number of hydrogen-bond donors (Lipinski definition) is 1. The molecule has 5 nitrogen and oxygen atoms in total. The van der Waals surface area contributed by atoms with Gasteiger partial charge in [-0.15, -0.1) is 0 Å². The van der Waals surface area contributed by atoms with Gasteiger partial charge in [0.15, 0.2) is 0 Å². The molecule has 138 valence electrons. The number of carbonyl (C=O) groups is 1. The van der Waals surface area contributed by atoms with Crippen LogP contribution in [0, 0.1) is 6.92 Å². The quantitative estimate of drug-likeness (QED) is 0.701. The predicted molar refractivity (Wildman–Crippen MR) is 110 cm³/mol. The zero-order valence-electron chi connectivity index (χ0n) is 16.1. The normalized spacial score (nSPS) is 10.7. The van der Waals surface area contributed by atoms with Crippen LogP contribution in [-0.4, -0.2) is 22.9 Å². The molecule has 5 heteroatoms. The van der Waals surface area contributed by atoms with Gasteiger partial charge in [0.25, 0.3) is 5.91 Å². The summed E-state index contributed by atoms with van der Waals surface area (Å²) in [6.45, 7) is 6.14. The molecule has 3 aromatic rings. The lowest BCUT2D eigenvalue weighted by molar-refractivity contribution is 0.0988. The third-order valence-corrected chi connectivity index (χ3v) is 4.35. The Labute approximate surface area is 160 Å². The third kappa shape index (κ3) is 4.31. The van der Waals surface area contributed by atoms with E-state index < -0.39 is 0 Å². The van der Waals surface area contributed by atoms with E-state index in [1.807, 2.05) is 55.5 Å². The van der Waals surface area contributed by atoms with E-state index in [2.05, 4.69) is 35.2 Å². The van der Waals surface area contributed by atoms with Crippen molar-refractivity contribution in [3.63, 3.8) is 0 Å². The highest BCUT2D eigenvalue weighted by molar-refractivity contribution is 6.04. The van der Waals surface area contributed by atoms with Crippen LogP contribution in [0.15, 0.2) is 60.7 Å². The van der Waals surface area contributed by atoms with Gasteiger partial charge < -0.3 is 10.2 Å². The maximum atomic E-state index is 12.9. The summed E-state index contributed by atoms with van der Waals surface area (Å²) < 4.78 is 0. The summed E-state index contributed by atoms with van der Waals surface area (Å²) in [4.78, 5) is 23.4. The highest BCUT2D eigenvalue weighted by atomic mass is 16.2. The first-order chi connectivity index (χ1) is 13.0. The minimum absolute atomic E-state index is 0.174. The number of carbonyl (C=O) groups excluding carboxylic acids is 1. The van der Waals surface area contributed by atoms with E-state index in [-0.39, 0.29) is 5.91 Å². The lowest BCUT2D eigenvalue weighted by atomic mass is 10.0. The monoisotopic (exact) mass is 360 g/mol. The van der Waals surface area contributed by atoms with Crippen LogP contribution in [0.3, 0.4) is 0 Å². The summed E-state index contributed by atoms with van der Waals surface area (Å²) in [5.74, 6) is 0.614. The average molecular weight is 360 g/mol. The van der Waals surface area contributed by atoms with Gasteiger partial charge in [0.1, 0.15) is 5.69 Å². The van der Waals surface area contributed by atoms with E-state index in [0.717, 1.165) is 17.1 Å². The van der Waals surface area contributed by atoms with E-state index >= 15 is 0 Å². The summed E-state index contributed by atoms with van der Waals surface area (Å²) in [6.07, 6.45) is 0. The van der Waals surface area contributed by atoms with E-state index in [4.69, 9.17) is 0 Å². The van der Waals surface area contributed by atoms with Gasteiger partial charge in [-0.1, -0.05) is 50.2 Å². The van der Waals surface area contributed by atoms with Crippen molar-refractivity contribution < 1.29 is 4.79 Å². The first kappa shape index (κ1) is 18.6. The molecule has 1 N–H and O–H groups in total. The predicted octanol–water partition coefficient (Wildman–Crippen LogP) is 4.93. The van der Waals surface area contributed by atoms with Crippen molar-refractivity contribution in [3.8, 4) is 0 Å². The highest BCUT2D eigenvalue weighted by Gasteiger charge is 2.17. The molecule has 1 aromatic heterocycles.